The minimum atomic E-state index is -0.0183. The predicted molar refractivity (Wildman–Crippen MR) is 155 cm³/mol. The van der Waals surface area contributed by atoms with Crippen molar-refractivity contribution in [3.05, 3.63) is 48.1 Å². The van der Waals surface area contributed by atoms with Crippen molar-refractivity contribution in [2.45, 2.75) is 96.6 Å². The van der Waals surface area contributed by atoms with Gasteiger partial charge in [-0.3, -0.25) is 0 Å². The van der Waals surface area contributed by atoms with Crippen LogP contribution < -0.4 is 27.0 Å². The second-order valence-electron chi connectivity index (χ2n) is 9.89. The summed E-state index contributed by atoms with van der Waals surface area (Å²) in [5.74, 6) is 1.68. The topological polar surface area (TPSA) is 99.6 Å². The van der Waals surface area contributed by atoms with Crippen molar-refractivity contribution >= 4 is 20.0 Å². The molecule has 6 nitrogen and oxygen atoms in total. The van der Waals surface area contributed by atoms with Gasteiger partial charge < -0.3 is 32.1 Å². The zero-order valence-electron chi connectivity index (χ0n) is 22.2. The minimum Gasteiger partial charge on any atom is -0.393 e. The Kier molecular flexibility index (Phi) is 13.5. The summed E-state index contributed by atoms with van der Waals surface area (Å²) in [6, 6.07) is 8.63. The lowest BCUT2D eigenvalue weighted by atomic mass is 9.98. The van der Waals surface area contributed by atoms with Gasteiger partial charge in [0.25, 0.3) is 0 Å². The third-order valence-electron chi connectivity index (χ3n) is 6.87. The molecule has 3 unspecified atom stereocenters. The van der Waals surface area contributed by atoms with Crippen molar-refractivity contribution in [3.8, 4) is 0 Å². The minimum absolute atomic E-state index is 0.0183. The smallest absolute Gasteiger partial charge is 0.117 e. The highest BCUT2D eigenvalue weighted by Crippen LogP contribution is 2.36. The standard InChI is InChI=1S/C18H30N5P.C6H12O.C4H8/c1-3-15-16(19)22-18(17(20)24-15)21-13-5-4-6-14(11-13)23-9-7-12(2)8-10-23;7-6-4-2-1-3-5-6;1-3-4-2/h4-6,11-12,17-18,21-22,24H,3,7-10,19-20H2,1-2H3;6-7H,1-5H2;3H,1,4H2,2H3. The highest BCUT2D eigenvalue weighted by atomic mass is 31.1. The molecular formula is C28H50N5OP. The number of benzene rings is 1. The van der Waals surface area contributed by atoms with Crippen molar-refractivity contribution in [2.24, 2.45) is 17.4 Å². The molecule has 4 rings (SSSR count). The summed E-state index contributed by atoms with van der Waals surface area (Å²) in [4.78, 5) is 2.48. The van der Waals surface area contributed by atoms with Crippen molar-refractivity contribution in [1.29, 1.82) is 0 Å². The Morgan fingerprint density at radius 3 is 2.37 bits per heavy atom. The number of hydrogen-bond acceptors (Lipinski definition) is 6. The summed E-state index contributed by atoms with van der Waals surface area (Å²) in [5, 5.41) is 17.0. The molecule has 1 saturated heterocycles. The van der Waals surface area contributed by atoms with Gasteiger partial charge in [-0.25, -0.2) is 0 Å². The molecule has 2 heterocycles. The first kappa shape index (κ1) is 29.5. The molecule has 3 aliphatic rings. The Labute approximate surface area is 215 Å². The molecular weight excluding hydrogens is 453 g/mol. The quantitative estimate of drug-likeness (QED) is 0.263. The third-order valence-corrected chi connectivity index (χ3v) is 8.51. The van der Waals surface area contributed by atoms with Crippen LogP contribution in [0.5, 0.6) is 0 Å². The molecule has 1 aromatic carbocycles. The average Bonchev–Trinajstić information content (AvgIpc) is 2.87. The van der Waals surface area contributed by atoms with Crippen molar-refractivity contribution < 1.29 is 5.11 Å². The van der Waals surface area contributed by atoms with Crippen molar-refractivity contribution in [2.75, 3.05) is 23.3 Å². The van der Waals surface area contributed by atoms with E-state index in [1.807, 2.05) is 6.08 Å². The molecule has 198 valence electrons. The zero-order valence-corrected chi connectivity index (χ0v) is 23.2. The number of aliphatic hydroxyl groups is 1. The highest BCUT2D eigenvalue weighted by Gasteiger charge is 2.25. The van der Waals surface area contributed by atoms with Crippen LogP contribution in [0.1, 0.15) is 78.6 Å². The SMILES string of the molecule is C=CCC.CCC1=C(N)NC(Nc2cccc(N3CCC(C)CC3)c2)C(N)P1.OC1CCCCC1. The summed E-state index contributed by atoms with van der Waals surface area (Å²) < 4.78 is 0. The van der Waals surface area contributed by atoms with Crippen LogP contribution in [0.4, 0.5) is 11.4 Å². The molecule has 2 fully saturated rings. The molecule has 0 aromatic heterocycles. The number of allylic oxidation sites excluding steroid dienone is 2. The van der Waals surface area contributed by atoms with E-state index in [0.717, 1.165) is 56.2 Å². The van der Waals surface area contributed by atoms with E-state index in [-0.39, 0.29) is 18.1 Å². The Hall–Kier alpha value is -1.75. The molecule has 1 saturated carbocycles. The molecule has 35 heavy (non-hydrogen) atoms. The van der Waals surface area contributed by atoms with E-state index >= 15 is 0 Å². The molecule has 7 N–H and O–H groups in total. The Morgan fingerprint density at radius 1 is 1.17 bits per heavy atom. The molecule has 0 amide bonds. The molecule has 2 aliphatic heterocycles. The first-order valence-electron chi connectivity index (χ1n) is 13.6. The maximum Gasteiger partial charge on any atom is 0.117 e. The van der Waals surface area contributed by atoms with Gasteiger partial charge >= 0.3 is 0 Å². The van der Waals surface area contributed by atoms with E-state index in [9.17, 15) is 0 Å². The van der Waals surface area contributed by atoms with Gasteiger partial charge in [0.2, 0.25) is 0 Å². The first-order valence-corrected chi connectivity index (χ1v) is 14.6. The number of nitrogens with zero attached hydrogens (tertiary/aromatic N) is 1. The van der Waals surface area contributed by atoms with Crippen LogP contribution in [-0.4, -0.2) is 36.2 Å². The highest BCUT2D eigenvalue weighted by molar-refractivity contribution is 7.44. The Bertz CT molecular complexity index is 772. The number of nitrogens with one attached hydrogen (secondary N) is 2. The van der Waals surface area contributed by atoms with Crippen LogP contribution >= 0.6 is 8.58 Å². The predicted octanol–water partition coefficient (Wildman–Crippen LogP) is 5.66. The van der Waals surface area contributed by atoms with Crippen LogP contribution in [0.25, 0.3) is 0 Å². The molecule has 1 aromatic rings. The number of nitrogens with two attached hydrogens (primary N) is 2. The van der Waals surface area contributed by atoms with Gasteiger partial charge in [-0.1, -0.05) is 60.8 Å². The largest absolute Gasteiger partial charge is 0.393 e. The number of anilines is 2. The lowest BCUT2D eigenvalue weighted by Crippen LogP contribution is -2.51. The Balaban J connectivity index is 0.000000325. The average molecular weight is 504 g/mol. The third kappa shape index (κ3) is 10.4. The molecule has 3 atom stereocenters. The molecule has 0 radical (unpaired) electrons. The van der Waals surface area contributed by atoms with Gasteiger partial charge in [-0.05, 0) is 68.0 Å². The van der Waals surface area contributed by atoms with Crippen molar-refractivity contribution in [1.82, 2.24) is 5.32 Å². The summed E-state index contributed by atoms with van der Waals surface area (Å²) in [7, 11) is 0.575. The lowest BCUT2D eigenvalue weighted by molar-refractivity contribution is 0.130. The fraction of sp³-hybridized carbons (Fsp3) is 0.643. The van der Waals surface area contributed by atoms with E-state index in [0.29, 0.717) is 8.58 Å². The number of rotatable bonds is 5. The van der Waals surface area contributed by atoms with Gasteiger partial charge in [0.1, 0.15) is 12.0 Å². The number of hydrogen-bond donors (Lipinski definition) is 5. The second kappa shape index (κ2) is 16.1. The van der Waals surface area contributed by atoms with Gasteiger partial charge in [-0.15, -0.1) is 6.58 Å². The molecule has 1 aliphatic carbocycles. The maximum atomic E-state index is 8.91. The molecule has 0 bridgehead atoms. The van der Waals surface area contributed by atoms with Gasteiger partial charge in [0.05, 0.1) is 11.9 Å². The van der Waals surface area contributed by atoms with E-state index in [1.165, 1.54) is 43.1 Å². The lowest BCUT2D eigenvalue weighted by Gasteiger charge is -2.35. The fourth-order valence-corrected chi connectivity index (χ4v) is 5.61. The summed E-state index contributed by atoms with van der Waals surface area (Å²) in [6.07, 6.45) is 12.4. The van der Waals surface area contributed by atoms with Crippen LogP contribution in [0, 0.1) is 5.92 Å². The first-order chi connectivity index (χ1) is 16.9. The Morgan fingerprint density at radius 2 is 1.83 bits per heavy atom. The van der Waals surface area contributed by atoms with Crippen LogP contribution in [0.2, 0.25) is 0 Å². The normalized spacial score (nSPS) is 24.0. The van der Waals surface area contributed by atoms with Gasteiger partial charge in [0, 0.05) is 24.5 Å². The number of piperidine rings is 1. The summed E-state index contributed by atoms with van der Waals surface area (Å²) in [5.41, 5.74) is 14.8. The van der Waals surface area contributed by atoms with E-state index in [2.05, 4.69) is 67.1 Å². The summed E-state index contributed by atoms with van der Waals surface area (Å²) >= 11 is 0. The maximum absolute atomic E-state index is 8.91. The van der Waals surface area contributed by atoms with Crippen molar-refractivity contribution in [3.63, 3.8) is 0 Å². The van der Waals surface area contributed by atoms with E-state index in [1.54, 1.807) is 0 Å². The van der Waals surface area contributed by atoms with Gasteiger partial charge in [-0.2, -0.15) is 0 Å². The van der Waals surface area contributed by atoms with E-state index < -0.39 is 0 Å². The zero-order chi connectivity index (χ0) is 25.6. The van der Waals surface area contributed by atoms with Crippen LogP contribution in [-0.2, 0) is 0 Å². The van der Waals surface area contributed by atoms with E-state index in [4.69, 9.17) is 16.6 Å². The monoisotopic (exact) mass is 503 g/mol. The van der Waals surface area contributed by atoms with Crippen LogP contribution in [0.3, 0.4) is 0 Å². The second-order valence-corrected chi connectivity index (χ2v) is 11.4. The van der Waals surface area contributed by atoms with Crippen LogP contribution in [0.15, 0.2) is 48.1 Å². The molecule has 7 heteroatoms. The fourth-order valence-electron chi connectivity index (χ4n) is 4.44. The van der Waals surface area contributed by atoms with Gasteiger partial charge in [0.15, 0.2) is 0 Å². The summed E-state index contributed by atoms with van der Waals surface area (Å²) in [6.45, 7) is 12.3. The number of aliphatic hydroxyl groups excluding tert-OH is 1. The molecule has 0 spiro atoms.